The summed E-state index contributed by atoms with van der Waals surface area (Å²) in [7, 11) is 1.55. The summed E-state index contributed by atoms with van der Waals surface area (Å²) >= 11 is 1.43. The van der Waals surface area contributed by atoms with Gasteiger partial charge in [0, 0.05) is 5.70 Å². The number of nitrogens with zero attached hydrogens (tertiary/aromatic N) is 1. The van der Waals surface area contributed by atoms with Crippen LogP contribution in [0.5, 0.6) is 5.75 Å². The summed E-state index contributed by atoms with van der Waals surface area (Å²) in [4.78, 5) is 13.2. The lowest BCUT2D eigenvalue weighted by atomic mass is 9.85. The van der Waals surface area contributed by atoms with Crippen molar-refractivity contribution in [3.63, 3.8) is 0 Å². The average molecular weight is 381 g/mol. The number of nitriles is 1. The molecule has 0 unspecified atom stereocenters. The van der Waals surface area contributed by atoms with Crippen LogP contribution >= 0.6 is 11.8 Å². The highest BCUT2D eigenvalue weighted by Gasteiger charge is 2.36. The molecule has 7 heteroatoms. The van der Waals surface area contributed by atoms with E-state index in [-0.39, 0.29) is 5.91 Å². The van der Waals surface area contributed by atoms with Gasteiger partial charge in [0.05, 0.1) is 47.2 Å². The van der Waals surface area contributed by atoms with Crippen LogP contribution in [0.4, 0.5) is 5.69 Å². The molecule has 2 N–H and O–H groups in total. The van der Waals surface area contributed by atoms with Gasteiger partial charge in [0.15, 0.2) is 0 Å². The molecule has 0 saturated heterocycles. The number of nitrogens with one attached hydrogen (secondary N) is 2. The van der Waals surface area contributed by atoms with Crippen LogP contribution in [0.3, 0.4) is 0 Å². The molecule has 1 aliphatic rings. The number of anilines is 1. The number of furan rings is 1. The summed E-state index contributed by atoms with van der Waals surface area (Å²) < 4.78 is 10.9. The number of hydrogen-bond donors (Lipinski definition) is 2. The van der Waals surface area contributed by atoms with Crippen LogP contribution in [-0.2, 0) is 4.79 Å². The van der Waals surface area contributed by atoms with Gasteiger partial charge in [-0.05, 0) is 37.4 Å². The lowest BCUT2D eigenvalue weighted by Crippen LogP contribution is -2.30. The number of methoxy groups -OCH3 is 1. The number of ether oxygens (including phenoxy) is 1. The molecule has 1 aromatic heterocycles. The Balaban J connectivity index is 2.04. The van der Waals surface area contributed by atoms with Gasteiger partial charge in [-0.3, -0.25) is 4.79 Å². The van der Waals surface area contributed by atoms with Gasteiger partial charge in [0.2, 0.25) is 0 Å². The highest BCUT2D eigenvalue weighted by atomic mass is 32.2. The molecule has 0 radical (unpaired) electrons. The van der Waals surface area contributed by atoms with Gasteiger partial charge in [0.1, 0.15) is 11.5 Å². The number of hydrogen-bond acceptors (Lipinski definition) is 6. The number of allylic oxidation sites excluding steroid dienone is 2. The number of para-hydroxylation sites is 2. The van der Waals surface area contributed by atoms with Crippen molar-refractivity contribution in [2.75, 3.05) is 18.7 Å². The van der Waals surface area contributed by atoms with Gasteiger partial charge in [0.25, 0.3) is 5.91 Å². The monoisotopic (exact) mass is 381 g/mol. The Kier molecular flexibility index (Phi) is 5.57. The van der Waals surface area contributed by atoms with E-state index in [1.54, 1.807) is 31.4 Å². The van der Waals surface area contributed by atoms with Gasteiger partial charge in [-0.15, -0.1) is 11.8 Å². The largest absolute Gasteiger partial charge is 0.495 e. The molecule has 27 heavy (non-hydrogen) atoms. The van der Waals surface area contributed by atoms with Crippen LogP contribution in [0.2, 0.25) is 0 Å². The highest BCUT2D eigenvalue weighted by Crippen LogP contribution is 2.40. The Morgan fingerprint density at radius 1 is 1.33 bits per heavy atom. The minimum Gasteiger partial charge on any atom is -0.495 e. The molecule has 1 aromatic carbocycles. The van der Waals surface area contributed by atoms with Crippen LogP contribution in [0.1, 0.15) is 18.6 Å². The third-order valence-electron chi connectivity index (χ3n) is 4.28. The fourth-order valence-electron chi connectivity index (χ4n) is 3.05. The SMILES string of the molecule is COc1ccccc1NC(=O)C1=C(C)NC(SC)=C(C#N)[C@@H]1c1ccco1. The number of carbonyl (C=O) groups is 1. The van der Waals surface area contributed by atoms with Crippen molar-refractivity contribution < 1.29 is 13.9 Å². The number of dihydropyridines is 1. The number of thioether (sulfide) groups is 1. The Labute approximate surface area is 161 Å². The Bertz CT molecular complexity index is 955. The maximum Gasteiger partial charge on any atom is 0.254 e. The summed E-state index contributed by atoms with van der Waals surface area (Å²) in [6.07, 6.45) is 3.42. The van der Waals surface area contributed by atoms with Gasteiger partial charge in [-0.2, -0.15) is 5.26 Å². The Morgan fingerprint density at radius 2 is 2.11 bits per heavy atom. The normalized spacial score (nSPS) is 16.6. The zero-order valence-corrected chi connectivity index (χ0v) is 16.0. The lowest BCUT2D eigenvalue weighted by molar-refractivity contribution is -0.113. The second-order valence-corrected chi connectivity index (χ2v) is 6.64. The van der Waals surface area contributed by atoms with Crippen LogP contribution in [0.25, 0.3) is 0 Å². The molecular weight excluding hydrogens is 362 g/mol. The van der Waals surface area contributed by atoms with E-state index in [0.717, 1.165) is 0 Å². The summed E-state index contributed by atoms with van der Waals surface area (Å²) in [5.74, 6) is 0.203. The van der Waals surface area contributed by atoms with E-state index < -0.39 is 5.92 Å². The van der Waals surface area contributed by atoms with Crippen LogP contribution < -0.4 is 15.4 Å². The summed E-state index contributed by atoms with van der Waals surface area (Å²) in [6, 6.07) is 12.9. The van der Waals surface area contributed by atoms with Crippen molar-refractivity contribution in [2.24, 2.45) is 0 Å². The summed E-state index contributed by atoms with van der Waals surface area (Å²) in [5, 5.41) is 16.5. The molecule has 2 aromatic rings. The fourth-order valence-corrected chi connectivity index (χ4v) is 3.69. The predicted octanol–water partition coefficient (Wildman–Crippen LogP) is 3.99. The van der Waals surface area contributed by atoms with Gasteiger partial charge in [-0.1, -0.05) is 12.1 Å². The molecule has 0 aliphatic carbocycles. The second kappa shape index (κ2) is 8.06. The van der Waals surface area contributed by atoms with E-state index >= 15 is 0 Å². The Hall–Kier alpha value is -3.11. The van der Waals surface area contributed by atoms with Crippen molar-refractivity contribution in [1.82, 2.24) is 5.32 Å². The van der Waals surface area contributed by atoms with Crippen LogP contribution in [-0.4, -0.2) is 19.3 Å². The molecule has 2 heterocycles. The molecule has 0 fully saturated rings. The molecule has 1 aliphatic heterocycles. The molecular formula is C20H19N3O3S. The second-order valence-electron chi connectivity index (χ2n) is 5.83. The maximum atomic E-state index is 13.2. The maximum absolute atomic E-state index is 13.2. The first-order valence-electron chi connectivity index (χ1n) is 8.24. The molecule has 1 amide bonds. The van der Waals surface area contributed by atoms with Crippen molar-refractivity contribution >= 4 is 23.4 Å². The van der Waals surface area contributed by atoms with Crippen LogP contribution in [0.15, 0.2) is 69.0 Å². The van der Waals surface area contributed by atoms with Crippen molar-refractivity contribution in [2.45, 2.75) is 12.8 Å². The average Bonchev–Trinajstić information content (AvgIpc) is 3.21. The number of benzene rings is 1. The molecule has 0 spiro atoms. The molecule has 138 valence electrons. The van der Waals surface area contributed by atoms with Gasteiger partial charge < -0.3 is 19.8 Å². The van der Waals surface area contributed by atoms with Crippen molar-refractivity contribution in [3.05, 3.63) is 70.3 Å². The van der Waals surface area contributed by atoms with Gasteiger partial charge >= 0.3 is 0 Å². The molecule has 1 atom stereocenters. The van der Waals surface area contributed by atoms with Gasteiger partial charge in [-0.25, -0.2) is 0 Å². The number of carbonyl (C=O) groups excluding carboxylic acids is 1. The predicted molar refractivity (Wildman–Crippen MR) is 105 cm³/mol. The first-order valence-corrected chi connectivity index (χ1v) is 9.47. The zero-order chi connectivity index (χ0) is 19.4. The first kappa shape index (κ1) is 18.7. The van der Waals surface area contributed by atoms with E-state index in [0.29, 0.717) is 39.1 Å². The Morgan fingerprint density at radius 3 is 2.74 bits per heavy atom. The standard InChI is InChI=1S/C20H19N3O3S/c1-12-17(19(24)23-14-7-4-5-8-15(14)25-2)18(16-9-6-10-26-16)13(11-21)20(22-12)27-3/h4-10,18,22H,1-3H3,(H,23,24)/t18-/m1/s1. The minimum absolute atomic E-state index is 0.321. The molecule has 0 saturated carbocycles. The molecule has 6 nitrogen and oxygen atoms in total. The quantitative estimate of drug-likeness (QED) is 0.814. The van der Waals surface area contributed by atoms with E-state index in [1.807, 2.05) is 25.3 Å². The third kappa shape index (κ3) is 3.57. The van der Waals surface area contributed by atoms with E-state index in [4.69, 9.17) is 9.15 Å². The van der Waals surface area contributed by atoms with E-state index in [2.05, 4.69) is 16.7 Å². The fraction of sp³-hybridized carbons (Fsp3) is 0.200. The smallest absolute Gasteiger partial charge is 0.254 e. The van der Waals surface area contributed by atoms with Crippen LogP contribution in [0, 0.1) is 11.3 Å². The number of rotatable bonds is 5. The first-order chi connectivity index (χ1) is 13.1. The summed E-state index contributed by atoms with van der Waals surface area (Å²) in [6.45, 7) is 1.82. The minimum atomic E-state index is -0.580. The number of amides is 1. The van der Waals surface area contributed by atoms with E-state index in [1.165, 1.54) is 18.0 Å². The molecule has 3 rings (SSSR count). The van der Waals surface area contributed by atoms with Crippen molar-refractivity contribution in [1.29, 1.82) is 5.26 Å². The molecule has 0 bridgehead atoms. The lowest BCUT2D eigenvalue weighted by Gasteiger charge is -2.28. The third-order valence-corrected chi connectivity index (χ3v) is 5.01. The zero-order valence-electron chi connectivity index (χ0n) is 15.2. The van der Waals surface area contributed by atoms with E-state index in [9.17, 15) is 10.1 Å². The van der Waals surface area contributed by atoms with Crippen molar-refractivity contribution in [3.8, 4) is 11.8 Å². The summed E-state index contributed by atoms with van der Waals surface area (Å²) in [5.41, 5.74) is 2.12. The topological polar surface area (TPSA) is 87.3 Å². The highest BCUT2D eigenvalue weighted by molar-refractivity contribution is 8.02.